The molecule has 3 N–H and O–H groups in total. The van der Waals surface area contributed by atoms with E-state index in [4.69, 9.17) is 5.73 Å². The van der Waals surface area contributed by atoms with E-state index in [0.29, 0.717) is 17.8 Å². The summed E-state index contributed by atoms with van der Waals surface area (Å²) in [5.41, 5.74) is 7.75. The van der Waals surface area contributed by atoms with Gasteiger partial charge in [0.25, 0.3) is 5.56 Å². The number of nitrogens with one attached hydrogen (secondary N) is 1. The number of fused-ring (bicyclic) bond motifs is 3. The molecule has 0 spiro atoms. The number of H-pyrrole nitrogens is 1. The lowest BCUT2D eigenvalue weighted by molar-refractivity contribution is 0.1000. The smallest absolute Gasteiger partial charge is 0.259 e. The van der Waals surface area contributed by atoms with Gasteiger partial charge in [0, 0.05) is 12.0 Å². The molecule has 0 saturated heterocycles. The van der Waals surface area contributed by atoms with Gasteiger partial charge >= 0.3 is 0 Å². The molecule has 0 radical (unpaired) electrons. The van der Waals surface area contributed by atoms with Crippen molar-refractivity contribution in [2.24, 2.45) is 5.73 Å². The van der Waals surface area contributed by atoms with Crippen LogP contribution in [0.25, 0.3) is 10.2 Å². The third-order valence-corrected chi connectivity index (χ3v) is 6.59. The molecule has 0 fully saturated rings. The van der Waals surface area contributed by atoms with Gasteiger partial charge in [0.05, 0.1) is 9.60 Å². The van der Waals surface area contributed by atoms with Crippen LogP contribution in [-0.4, -0.2) is 21.6 Å². The number of aryl methyl sites for hydroxylation is 1. The molecule has 0 aliphatic carbocycles. The van der Waals surface area contributed by atoms with Crippen LogP contribution in [0.5, 0.6) is 0 Å². The van der Waals surface area contributed by atoms with E-state index >= 15 is 0 Å². The van der Waals surface area contributed by atoms with Crippen molar-refractivity contribution in [2.75, 3.05) is 5.75 Å². The quantitative estimate of drug-likeness (QED) is 0.754. The Hall–Kier alpha value is -2.12. The molecule has 3 aromatic rings. The minimum atomic E-state index is -0.461. The fourth-order valence-corrected chi connectivity index (χ4v) is 5.51. The lowest BCUT2D eigenvalue weighted by Crippen LogP contribution is -2.14. The highest BCUT2D eigenvalue weighted by Crippen LogP contribution is 2.40. The first-order chi connectivity index (χ1) is 11.6. The molecule has 122 valence electrons. The number of amides is 1. The highest BCUT2D eigenvalue weighted by molar-refractivity contribution is 8.01. The predicted octanol–water partition coefficient (Wildman–Crippen LogP) is 2.71. The van der Waals surface area contributed by atoms with Crippen LogP contribution in [-0.2, 0) is 12.8 Å². The molecular formula is C17H15N3O2S2. The van der Waals surface area contributed by atoms with Crippen molar-refractivity contribution in [3.8, 4) is 0 Å². The number of thioether (sulfide) groups is 1. The fraction of sp³-hybridized carbons (Fsp3) is 0.235. The summed E-state index contributed by atoms with van der Waals surface area (Å²) < 4.78 is 1.22. The molecule has 1 aromatic carbocycles. The molecule has 0 bridgehead atoms. The van der Waals surface area contributed by atoms with Crippen LogP contribution in [0.1, 0.15) is 33.7 Å². The van der Waals surface area contributed by atoms with E-state index in [1.165, 1.54) is 4.21 Å². The number of primary amides is 1. The molecule has 24 heavy (non-hydrogen) atoms. The zero-order valence-corrected chi connectivity index (χ0v) is 14.4. The largest absolute Gasteiger partial charge is 0.366 e. The normalized spacial score (nSPS) is 13.8. The van der Waals surface area contributed by atoms with Crippen LogP contribution in [0.4, 0.5) is 0 Å². The van der Waals surface area contributed by atoms with E-state index in [0.717, 1.165) is 39.9 Å². The van der Waals surface area contributed by atoms with E-state index in [1.54, 1.807) is 29.5 Å². The van der Waals surface area contributed by atoms with Crippen molar-refractivity contribution in [3.63, 3.8) is 0 Å². The zero-order chi connectivity index (χ0) is 16.7. The second-order valence-electron chi connectivity index (χ2n) is 5.75. The van der Waals surface area contributed by atoms with Crippen LogP contribution in [0, 0.1) is 0 Å². The number of nitrogens with zero attached hydrogens (tertiary/aromatic N) is 1. The third-order valence-electron chi connectivity index (χ3n) is 4.06. The van der Waals surface area contributed by atoms with Crippen molar-refractivity contribution in [1.29, 1.82) is 0 Å². The monoisotopic (exact) mass is 357 g/mol. The maximum absolute atomic E-state index is 12.5. The average Bonchev–Trinajstić information content (AvgIpc) is 2.93. The van der Waals surface area contributed by atoms with Gasteiger partial charge in [-0.2, -0.15) is 0 Å². The Morgan fingerprint density at radius 1 is 1.38 bits per heavy atom. The summed E-state index contributed by atoms with van der Waals surface area (Å²) in [6.45, 7) is 0. The average molecular weight is 357 g/mol. The summed E-state index contributed by atoms with van der Waals surface area (Å²) in [5.74, 6) is 1.25. The molecule has 0 unspecified atom stereocenters. The second kappa shape index (κ2) is 6.07. The van der Waals surface area contributed by atoms with E-state index in [1.807, 2.05) is 17.8 Å². The molecule has 1 aliphatic heterocycles. The van der Waals surface area contributed by atoms with Crippen LogP contribution in [0.2, 0.25) is 0 Å². The van der Waals surface area contributed by atoms with Crippen LogP contribution in [0.3, 0.4) is 0 Å². The molecule has 0 atom stereocenters. The number of aromatic amines is 1. The summed E-state index contributed by atoms with van der Waals surface area (Å²) in [6.07, 6.45) is 2.51. The van der Waals surface area contributed by atoms with E-state index < -0.39 is 5.91 Å². The molecule has 1 aliphatic rings. The maximum Gasteiger partial charge on any atom is 0.259 e. The Bertz CT molecular complexity index is 1010. The van der Waals surface area contributed by atoms with Gasteiger partial charge in [-0.15, -0.1) is 23.1 Å². The third kappa shape index (κ3) is 2.74. The fourth-order valence-electron chi connectivity index (χ4n) is 2.96. The lowest BCUT2D eigenvalue weighted by Gasteiger charge is -2.09. The first-order valence-electron chi connectivity index (χ1n) is 7.68. The topological polar surface area (TPSA) is 88.8 Å². The van der Waals surface area contributed by atoms with Gasteiger partial charge in [-0.25, -0.2) is 4.98 Å². The lowest BCUT2D eigenvalue weighted by atomic mass is 10.1. The summed E-state index contributed by atoms with van der Waals surface area (Å²) in [4.78, 5) is 32.2. The number of nitrogens with two attached hydrogens (primary N) is 1. The number of aromatic nitrogens is 2. The Balaban J connectivity index is 1.74. The Labute approximate surface area is 146 Å². The minimum absolute atomic E-state index is 0.0685. The number of carbonyl (C=O) groups is 1. The standard InChI is InChI=1S/C17H15N3O2S2/c18-14(21)10-4-1-3-9(7-10)8-12-19-15(22)13-11-5-2-6-23-17(11)24-16(13)20-12/h1,3-4,7H,2,5-6,8H2,(H2,18,21)(H,19,20,22). The van der Waals surface area contributed by atoms with Gasteiger partial charge in [0.15, 0.2) is 0 Å². The molecule has 5 nitrogen and oxygen atoms in total. The van der Waals surface area contributed by atoms with Crippen molar-refractivity contribution >= 4 is 39.2 Å². The van der Waals surface area contributed by atoms with E-state index in [9.17, 15) is 9.59 Å². The second-order valence-corrected chi connectivity index (χ2v) is 8.12. The van der Waals surface area contributed by atoms with Gasteiger partial charge in [0.1, 0.15) is 10.7 Å². The summed E-state index contributed by atoms with van der Waals surface area (Å²) in [7, 11) is 0. The van der Waals surface area contributed by atoms with Gasteiger partial charge in [-0.1, -0.05) is 12.1 Å². The number of hydrogen-bond acceptors (Lipinski definition) is 5. The Kier molecular flexibility index (Phi) is 3.90. The van der Waals surface area contributed by atoms with Crippen molar-refractivity contribution in [1.82, 2.24) is 9.97 Å². The SMILES string of the molecule is NC(=O)c1cccc(Cc2nc3sc4c(c3c(=O)[nH]2)CCCS4)c1. The zero-order valence-electron chi connectivity index (χ0n) is 12.8. The molecule has 4 rings (SSSR count). The number of thiophene rings is 1. The van der Waals surface area contributed by atoms with E-state index in [2.05, 4.69) is 9.97 Å². The van der Waals surface area contributed by atoms with E-state index in [-0.39, 0.29) is 5.56 Å². The number of carbonyl (C=O) groups excluding carboxylic acids is 1. The molecule has 2 aromatic heterocycles. The van der Waals surface area contributed by atoms with Gasteiger partial charge in [0.2, 0.25) is 5.91 Å². The van der Waals surface area contributed by atoms with Gasteiger partial charge in [-0.05, 0) is 41.9 Å². The maximum atomic E-state index is 12.5. The van der Waals surface area contributed by atoms with Crippen molar-refractivity contribution in [2.45, 2.75) is 23.5 Å². The molecule has 1 amide bonds. The first-order valence-corrected chi connectivity index (χ1v) is 9.48. The molecular weight excluding hydrogens is 342 g/mol. The molecule has 3 heterocycles. The van der Waals surface area contributed by atoms with Gasteiger partial charge < -0.3 is 10.7 Å². The predicted molar refractivity (Wildman–Crippen MR) is 97.1 cm³/mol. The summed E-state index contributed by atoms with van der Waals surface area (Å²) >= 11 is 3.42. The van der Waals surface area contributed by atoms with Gasteiger partial charge in [-0.3, -0.25) is 9.59 Å². The number of rotatable bonds is 3. The highest BCUT2D eigenvalue weighted by Gasteiger charge is 2.20. The van der Waals surface area contributed by atoms with Crippen molar-refractivity contribution < 1.29 is 4.79 Å². The molecule has 0 saturated carbocycles. The van der Waals surface area contributed by atoms with Crippen LogP contribution in [0.15, 0.2) is 33.3 Å². The van der Waals surface area contributed by atoms with Crippen molar-refractivity contribution in [3.05, 3.63) is 57.1 Å². The number of hydrogen-bond donors (Lipinski definition) is 2. The summed E-state index contributed by atoms with van der Waals surface area (Å²) in [6, 6.07) is 7.09. The Morgan fingerprint density at radius 3 is 3.08 bits per heavy atom. The first kappa shape index (κ1) is 15.4. The highest BCUT2D eigenvalue weighted by atomic mass is 32.2. The Morgan fingerprint density at radius 2 is 2.25 bits per heavy atom. The van der Waals surface area contributed by atoms with Crippen LogP contribution < -0.4 is 11.3 Å². The van der Waals surface area contributed by atoms with Crippen LogP contribution >= 0.6 is 23.1 Å². The molecule has 7 heteroatoms. The minimum Gasteiger partial charge on any atom is -0.366 e. The number of benzene rings is 1. The summed E-state index contributed by atoms with van der Waals surface area (Å²) in [5, 5.41) is 0.747.